The first-order chi connectivity index (χ1) is 13.9. The van der Waals surface area contributed by atoms with Crippen LogP contribution in [-0.4, -0.2) is 36.5 Å². The number of aromatic nitrogens is 1. The molecule has 1 aliphatic carbocycles. The summed E-state index contributed by atoms with van der Waals surface area (Å²) >= 11 is 0. The van der Waals surface area contributed by atoms with Gasteiger partial charge in [-0.3, -0.25) is 4.79 Å². The van der Waals surface area contributed by atoms with Gasteiger partial charge in [0.25, 0.3) is 0 Å². The van der Waals surface area contributed by atoms with Crippen molar-refractivity contribution in [1.82, 2.24) is 10.1 Å². The predicted octanol–water partition coefficient (Wildman–Crippen LogP) is 4.71. The Morgan fingerprint density at radius 2 is 1.86 bits per heavy atom. The zero-order valence-corrected chi connectivity index (χ0v) is 17.7. The van der Waals surface area contributed by atoms with Gasteiger partial charge in [-0.15, -0.1) is 0 Å². The maximum Gasteiger partial charge on any atom is 0.152 e. The lowest BCUT2D eigenvalue weighted by atomic mass is 9.71. The number of carbonyl (C=O) groups is 1. The van der Waals surface area contributed by atoms with E-state index in [9.17, 15) is 4.79 Å². The summed E-state index contributed by atoms with van der Waals surface area (Å²) in [4.78, 5) is 15.7. The number of aryl methyl sites for hydroxylation is 2. The van der Waals surface area contributed by atoms with E-state index in [1.807, 2.05) is 32.0 Å². The summed E-state index contributed by atoms with van der Waals surface area (Å²) < 4.78 is 5.40. The molecule has 0 amide bonds. The molecule has 0 N–H and O–H groups in total. The van der Waals surface area contributed by atoms with Crippen molar-refractivity contribution in [2.45, 2.75) is 38.5 Å². The second kappa shape index (κ2) is 7.60. The molecule has 1 unspecified atom stereocenters. The van der Waals surface area contributed by atoms with Crippen molar-refractivity contribution in [3.8, 4) is 11.1 Å². The van der Waals surface area contributed by atoms with Crippen molar-refractivity contribution in [1.29, 1.82) is 0 Å². The molecule has 1 heterocycles. The zero-order chi connectivity index (χ0) is 20.6. The van der Waals surface area contributed by atoms with Gasteiger partial charge in [-0.2, -0.15) is 0 Å². The number of hydrogen-bond acceptors (Lipinski definition) is 4. The third-order valence-corrected chi connectivity index (χ3v) is 6.14. The summed E-state index contributed by atoms with van der Waals surface area (Å²) in [6, 6.07) is 16.7. The van der Waals surface area contributed by atoms with E-state index in [-0.39, 0.29) is 0 Å². The highest BCUT2D eigenvalue weighted by Crippen LogP contribution is 2.46. The lowest BCUT2D eigenvalue weighted by molar-refractivity contribution is -0.121. The molecule has 1 atom stereocenters. The van der Waals surface area contributed by atoms with E-state index in [0.717, 1.165) is 58.7 Å². The topological polar surface area (TPSA) is 46.3 Å². The summed E-state index contributed by atoms with van der Waals surface area (Å²) in [6.07, 6.45) is 2.27. The highest BCUT2D eigenvalue weighted by Gasteiger charge is 2.47. The first-order valence-corrected chi connectivity index (χ1v) is 10.2. The molecule has 0 saturated carbocycles. The Labute approximate surface area is 172 Å². The fraction of sp³-hybridized carbons (Fsp3) is 0.360. The summed E-state index contributed by atoms with van der Waals surface area (Å²) in [7, 11) is 4.16. The van der Waals surface area contributed by atoms with Crippen LogP contribution in [0.4, 0.5) is 0 Å². The van der Waals surface area contributed by atoms with Crippen molar-refractivity contribution in [3.63, 3.8) is 0 Å². The average Bonchev–Trinajstić information content (AvgIpc) is 3.18. The molecule has 150 valence electrons. The fourth-order valence-electron chi connectivity index (χ4n) is 4.77. The summed E-state index contributed by atoms with van der Waals surface area (Å²) in [6.45, 7) is 4.86. The number of hydrogen-bond donors (Lipinski definition) is 0. The minimum atomic E-state index is -0.582. The third-order valence-electron chi connectivity index (χ3n) is 6.14. The second-order valence-corrected chi connectivity index (χ2v) is 8.35. The van der Waals surface area contributed by atoms with Gasteiger partial charge >= 0.3 is 0 Å². The van der Waals surface area contributed by atoms with Crippen LogP contribution < -0.4 is 0 Å². The molecule has 0 aliphatic heterocycles. The van der Waals surface area contributed by atoms with E-state index in [1.165, 1.54) is 0 Å². The maximum atomic E-state index is 13.5. The average molecular weight is 389 g/mol. The highest BCUT2D eigenvalue weighted by atomic mass is 16.5. The standard InChI is InChI=1S/C25H28N2O2/c1-17-24(18(2)29-26-17)20-12-11-19-16-23(28)25(22(19)15-20,13-8-14-27(3)4)21-9-6-5-7-10-21/h5-7,9-12,15H,8,13-14,16H2,1-4H3. The molecule has 2 aromatic carbocycles. The van der Waals surface area contributed by atoms with Crippen LogP contribution in [0.25, 0.3) is 11.1 Å². The molecule has 1 aliphatic rings. The molecule has 3 aromatic rings. The molecular formula is C25H28N2O2. The van der Waals surface area contributed by atoms with Gasteiger partial charge in [0.1, 0.15) is 5.76 Å². The normalized spacial score (nSPS) is 18.4. The van der Waals surface area contributed by atoms with Crippen LogP contribution in [0.3, 0.4) is 0 Å². The van der Waals surface area contributed by atoms with Gasteiger partial charge in [0, 0.05) is 12.0 Å². The van der Waals surface area contributed by atoms with Crippen LogP contribution in [0.15, 0.2) is 53.1 Å². The molecule has 0 saturated heterocycles. The van der Waals surface area contributed by atoms with Crippen LogP contribution in [0, 0.1) is 13.8 Å². The number of benzene rings is 2. The lowest BCUT2D eigenvalue weighted by Gasteiger charge is -2.31. The minimum absolute atomic E-state index is 0.299. The molecule has 0 fully saturated rings. The summed E-state index contributed by atoms with van der Waals surface area (Å²) in [5, 5.41) is 4.12. The largest absolute Gasteiger partial charge is 0.361 e. The monoisotopic (exact) mass is 388 g/mol. The molecule has 0 radical (unpaired) electrons. The Morgan fingerprint density at radius 3 is 2.52 bits per heavy atom. The molecule has 29 heavy (non-hydrogen) atoms. The molecule has 4 heteroatoms. The van der Waals surface area contributed by atoms with E-state index >= 15 is 0 Å². The van der Waals surface area contributed by atoms with Gasteiger partial charge in [-0.1, -0.05) is 47.6 Å². The Kier molecular flexibility index (Phi) is 5.13. The van der Waals surface area contributed by atoms with Gasteiger partial charge in [-0.05, 0) is 75.6 Å². The number of nitrogens with zero attached hydrogens (tertiary/aromatic N) is 2. The molecule has 4 nitrogen and oxygen atoms in total. The molecular weight excluding hydrogens is 360 g/mol. The number of Topliss-reactive ketones (excluding diaryl/α,β-unsaturated/α-hetero) is 1. The van der Waals surface area contributed by atoms with Gasteiger partial charge < -0.3 is 9.42 Å². The summed E-state index contributed by atoms with van der Waals surface area (Å²) in [5.74, 6) is 1.11. The third kappa shape index (κ3) is 3.32. The first-order valence-electron chi connectivity index (χ1n) is 10.2. The van der Waals surface area contributed by atoms with Crippen LogP contribution in [0.1, 0.15) is 41.0 Å². The Hall–Kier alpha value is -2.72. The van der Waals surface area contributed by atoms with E-state index in [2.05, 4.69) is 54.5 Å². The van der Waals surface area contributed by atoms with Crippen molar-refractivity contribution < 1.29 is 9.32 Å². The van der Waals surface area contributed by atoms with Crippen LogP contribution in [0.5, 0.6) is 0 Å². The second-order valence-electron chi connectivity index (χ2n) is 8.35. The van der Waals surface area contributed by atoms with E-state index in [1.54, 1.807) is 0 Å². The van der Waals surface area contributed by atoms with Crippen molar-refractivity contribution in [3.05, 3.63) is 76.7 Å². The highest BCUT2D eigenvalue weighted by molar-refractivity contribution is 6.00. The summed E-state index contributed by atoms with van der Waals surface area (Å²) in [5.41, 5.74) is 5.78. The maximum absolute atomic E-state index is 13.5. The van der Waals surface area contributed by atoms with E-state index in [0.29, 0.717) is 12.2 Å². The number of fused-ring (bicyclic) bond motifs is 1. The van der Waals surface area contributed by atoms with Gasteiger partial charge in [0.2, 0.25) is 0 Å². The van der Waals surface area contributed by atoms with E-state index in [4.69, 9.17) is 4.52 Å². The quantitative estimate of drug-likeness (QED) is 0.613. The lowest BCUT2D eigenvalue weighted by Crippen LogP contribution is -2.34. The van der Waals surface area contributed by atoms with Crippen LogP contribution in [-0.2, 0) is 16.6 Å². The first kappa shape index (κ1) is 19.6. The molecule has 0 spiro atoms. The van der Waals surface area contributed by atoms with Gasteiger partial charge in [0.15, 0.2) is 5.78 Å². The zero-order valence-electron chi connectivity index (χ0n) is 17.7. The number of rotatable bonds is 6. The smallest absolute Gasteiger partial charge is 0.152 e. The number of carbonyl (C=O) groups excluding carboxylic acids is 1. The molecule has 1 aromatic heterocycles. The Balaban J connectivity index is 1.87. The van der Waals surface area contributed by atoms with Crippen molar-refractivity contribution >= 4 is 5.78 Å². The Morgan fingerprint density at radius 1 is 1.10 bits per heavy atom. The molecule has 4 rings (SSSR count). The van der Waals surface area contributed by atoms with Crippen molar-refractivity contribution in [2.75, 3.05) is 20.6 Å². The predicted molar refractivity (Wildman–Crippen MR) is 115 cm³/mol. The van der Waals surface area contributed by atoms with Gasteiger partial charge in [-0.25, -0.2) is 0 Å². The Bertz CT molecular complexity index is 1020. The van der Waals surface area contributed by atoms with Crippen LogP contribution in [0.2, 0.25) is 0 Å². The number of ketones is 1. The van der Waals surface area contributed by atoms with Gasteiger partial charge in [0.05, 0.1) is 11.1 Å². The molecule has 0 bridgehead atoms. The SMILES string of the molecule is Cc1noc(C)c1-c1ccc2c(c1)C(CCCN(C)C)(c1ccccc1)C(=O)C2. The minimum Gasteiger partial charge on any atom is -0.361 e. The van der Waals surface area contributed by atoms with Crippen molar-refractivity contribution in [2.24, 2.45) is 0 Å². The van der Waals surface area contributed by atoms with E-state index < -0.39 is 5.41 Å². The van der Waals surface area contributed by atoms with Crippen LogP contribution >= 0.6 is 0 Å². The fourth-order valence-corrected chi connectivity index (χ4v) is 4.77.